The molecule has 1 fully saturated rings. The zero-order valence-electron chi connectivity index (χ0n) is 9.14. The van der Waals surface area contributed by atoms with Gasteiger partial charge >= 0.3 is 6.03 Å². The molecule has 1 heterocycles. The minimum absolute atomic E-state index is 0.108. The Kier molecular flexibility index (Phi) is 2.52. The first-order valence-electron chi connectivity index (χ1n) is 4.86. The second kappa shape index (κ2) is 3.84. The van der Waals surface area contributed by atoms with Gasteiger partial charge in [-0.2, -0.15) is 0 Å². The topological polar surface area (TPSA) is 49.9 Å². The number of para-hydroxylation sites is 2. The Balaban J connectivity index is 2.44. The molecule has 1 saturated heterocycles. The van der Waals surface area contributed by atoms with Gasteiger partial charge in [0.2, 0.25) is 0 Å². The minimum atomic E-state index is -0.325. The van der Waals surface area contributed by atoms with Crippen molar-refractivity contribution < 1.29 is 14.3 Å². The van der Waals surface area contributed by atoms with E-state index in [1.807, 2.05) is 0 Å². The second-order valence-electron chi connectivity index (χ2n) is 3.54. The Hall–Kier alpha value is -2.04. The fourth-order valence-corrected chi connectivity index (χ4v) is 1.67. The molecule has 0 bridgehead atoms. The molecule has 0 aromatic heterocycles. The number of nitrogens with zero attached hydrogens (tertiary/aromatic N) is 2. The van der Waals surface area contributed by atoms with Gasteiger partial charge in [-0.05, 0) is 12.1 Å². The van der Waals surface area contributed by atoms with Crippen molar-refractivity contribution in [2.24, 2.45) is 0 Å². The number of likely N-dealkylation sites (N-methyl/N-ethyl adjacent to an activating group) is 1. The van der Waals surface area contributed by atoms with Crippen LogP contribution in [0.3, 0.4) is 0 Å². The fraction of sp³-hybridized carbons (Fsp3) is 0.273. The van der Waals surface area contributed by atoms with Gasteiger partial charge in [-0.25, -0.2) is 9.69 Å². The predicted molar refractivity (Wildman–Crippen MR) is 58.5 cm³/mol. The molecule has 1 aromatic carbocycles. The number of rotatable bonds is 2. The largest absolute Gasteiger partial charge is 0.495 e. The molecule has 0 atom stereocenters. The minimum Gasteiger partial charge on any atom is -0.495 e. The van der Waals surface area contributed by atoms with Crippen LogP contribution in [0, 0.1) is 0 Å². The van der Waals surface area contributed by atoms with Crippen molar-refractivity contribution in [2.45, 2.75) is 0 Å². The highest BCUT2D eigenvalue weighted by molar-refractivity contribution is 6.20. The molecule has 0 unspecified atom stereocenters. The van der Waals surface area contributed by atoms with Crippen molar-refractivity contribution in [2.75, 3.05) is 25.6 Å². The van der Waals surface area contributed by atoms with Gasteiger partial charge < -0.3 is 9.64 Å². The molecule has 1 aromatic rings. The highest BCUT2D eigenvalue weighted by Gasteiger charge is 2.36. The van der Waals surface area contributed by atoms with E-state index in [4.69, 9.17) is 4.74 Å². The number of imide groups is 1. The van der Waals surface area contributed by atoms with Crippen LogP contribution in [-0.2, 0) is 4.79 Å². The molecule has 1 aliphatic rings. The first-order valence-corrected chi connectivity index (χ1v) is 4.86. The van der Waals surface area contributed by atoms with Crippen molar-refractivity contribution in [1.29, 1.82) is 0 Å². The van der Waals surface area contributed by atoms with E-state index in [-0.39, 0.29) is 18.5 Å². The lowest BCUT2D eigenvalue weighted by Gasteiger charge is -2.16. The summed E-state index contributed by atoms with van der Waals surface area (Å²) in [6, 6.07) is 6.63. The average Bonchev–Trinajstić information content (AvgIpc) is 2.53. The summed E-state index contributed by atoms with van der Waals surface area (Å²) in [6.07, 6.45) is 0. The van der Waals surface area contributed by atoms with E-state index < -0.39 is 0 Å². The Morgan fingerprint density at radius 2 is 1.94 bits per heavy atom. The molecule has 0 aliphatic carbocycles. The first-order chi connectivity index (χ1) is 7.65. The Labute approximate surface area is 93.2 Å². The summed E-state index contributed by atoms with van der Waals surface area (Å²) in [5, 5.41) is 0. The van der Waals surface area contributed by atoms with Crippen LogP contribution in [0.25, 0.3) is 0 Å². The fourth-order valence-electron chi connectivity index (χ4n) is 1.67. The SMILES string of the molecule is COc1ccccc1N1C(=O)CN(C)C1=O. The maximum absolute atomic E-state index is 11.8. The number of carbonyl (C=O) groups is 2. The summed E-state index contributed by atoms with van der Waals surface area (Å²) < 4.78 is 5.13. The summed E-state index contributed by atoms with van der Waals surface area (Å²) >= 11 is 0. The van der Waals surface area contributed by atoms with Crippen molar-refractivity contribution in [3.05, 3.63) is 24.3 Å². The summed E-state index contributed by atoms with van der Waals surface area (Å²) in [6.45, 7) is 0.108. The summed E-state index contributed by atoms with van der Waals surface area (Å²) in [7, 11) is 3.10. The predicted octanol–water partition coefficient (Wildman–Crippen LogP) is 1.09. The zero-order chi connectivity index (χ0) is 11.7. The third-order valence-corrected chi connectivity index (χ3v) is 2.47. The normalized spacial score (nSPS) is 15.9. The van der Waals surface area contributed by atoms with Gasteiger partial charge in [0.05, 0.1) is 12.8 Å². The number of methoxy groups -OCH3 is 1. The maximum atomic E-state index is 11.8. The molecule has 5 nitrogen and oxygen atoms in total. The number of hydrogen-bond donors (Lipinski definition) is 0. The number of ether oxygens (including phenoxy) is 1. The van der Waals surface area contributed by atoms with Gasteiger partial charge in [0.1, 0.15) is 12.3 Å². The van der Waals surface area contributed by atoms with Crippen LogP contribution in [0.2, 0.25) is 0 Å². The van der Waals surface area contributed by atoms with Gasteiger partial charge in [-0.15, -0.1) is 0 Å². The molecule has 16 heavy (non-hydrogen) atoms. The highest BCUT2D eigenvalue weighted by Crippen LogP contribution is 2.30. The van der Waals surface area contributed by atoms with Gasteiger partial charge in [0, 0.05) is 7.05 Å². The quantitative estimate of drug-likeness (QED) is 0.701. The number of anilines is 1. The highest BCUT2D eigenvalue weighted by atomic mass is 16.5. The van der Waals surface area contributed by atoms with Gasteiger partial charge in [-0.1, -0.05) is 12.1 Å². The molecule has 0 spiro atoms. The Bertz CT molecular complexity index is 445. The lowest BCUT2D eigenvalue weighted by molar-refractivity contribution is -0.116. The van der Waals surface area contributed by atoms with Crippen molar-refractivity contribution in [1.82, 2.24) is 4.90 Å². The van der Waals surface area contributed by atoms with Gasteiger partial charge in [-0.3, -0.25) is 4.79 Å². The summed E-state index contributed by atoms with van der Waals surface area (Å²) in [5.74, 6) is 0.275. The third kappa shape index (κ3) is 1.50. The van der Waals surface area contributed by atoms with E-state index in [2.05, 4.69) is 0 Å². The molecule has 0 saturated carbocycles. The number of urea groups is 1. The molecular weight excluding hydrogens is 208 g/mol. The van der Waals surface area contributed by atoms with Gasteiger partial charge in [0.25, 0.3) is 5.91 Å². The summed E-state index contributed by atoms with van der Waals surface area (Å²) in [4.78, 5) is 25.9. The van der Waals surface area contributed by atoms with Crippen LogP contribution >= 0.6 is 0 Å². The van der Waals surface area contributed by atoms with Crippen molar-refractivity contribution in [3.8, 4) is 5.75 Å². The van der Waals surface area contributed by atoms with E-state index >= 15 is 0 Å². The van der Waals surface area contributed by atoms with Crippen molar-refractivity contribution >= 4 is 17.6 Å². The summed E-state index contributed by atoms with van der Waals surface area (Å²) in [5.41, 5.74) is 0.490. The number of hydrogen-bond acceptors (Lipinski definition) is 3. The van der Waals surface area contributed by atoms with Gasteiger partial charge in [0.15, 0.2) is 0 Å². The van der Waals surface area contributed by atoms with E-state index in [9.17, 15) is 9.59 Å². The Morgan fingerprint density at radius 3 is 2.50 bits per heavy atom. The number of amides is 3. The van der Waals surface area contributed by atoms with E-state index in [0.29, 0.717) is 11.4 Å². The Morgan fingerprint density at radius 1 is 1.25 bits per heavy atom. The van der Waals surface area contributed by atoms with Crippen LogP contribution in [0.15, 0.2) is 24.3 Å². The molecule has 1 aliphatic heterocycles. The van der Waals surface area contributed by atoms with Crippen LogP contribution in [0.4, 0.5) is 10.5 Å². The molecule has 0 N–H and O–H groups in total. The molecule has 0 radical (unpaired) electrons. The van der Waals surface area contributed by atoms with Crippen LogP contribution in [-0.4, -0.2) is 37.5 Å². The van der Waals surface area contributed by atoms with E-state index in [1.165, 1.54) is 12.0 Å². The first kappa shape index (κ1) is 10.5. The molecule has 84 valence electrons. The number of carbonyl (C=O) groups excluding carboxylic acids is 2. The van der Waals surface area contributed by atoms with Crippen LogP contribution < -0.4 is 9.64 Å². The molecule has 5 heteroatoms. The van der Waals surface area contributed by atoms with Crippen LogP contribution in [0.1, 0.15) is 0 Å². The maximum Gasteiger partial charge on any atom is 0.331 e. The van der Waals surface area contributed by atoms with Crippen molar-refractivity contribution in [3.63, 3.8) is 0 Å². The smallest absolute Gasteiger partial charge is 0.331 e. The van der Waals surface area contributed by atoms with E-state index in [0.717, 1.165) is 4.90 Å². The standard InChI is InChI=1S/C11H12N2O3/c1-12-7-10(14)13(11(12)15)8-5-3-4-6-9(8)16-2/h3-6H,7H2,1-2H3. The number of benzene rings is 1. The third-order valence-electron chi connectivity index (χ3n) is 2.47. The molecule has 3 amide bonds. The average molecular weight is 220 g/mol. The second-order valence-corrected chi connectivity index (χ2v) is 3.54. The lowest BCUT2D eigenvalue weighted by atomic mass is 10.2. The molecular formula is C11H12N2O3. The van der Waals surface area contributed by atoms with E-state index in [1.54, 1.807) is 31.3 Å². The monoisotopic (exact) mass is 220 g/mol. The zero-order valence-corrected chi connectivity index (χ0v) is 9.14. The lowest BCUT2D eigenvalue weighted by Crippen LogP contribution is -2.31. The van der Waals surface area contributed by atoms with Crippen LogP contribution in [0.5, 0.6) is 5.75 Å². The molecule has 2 rings (SSSR count).